The maximum atomic E-state index is 11.3. The second-order valence-corrected chi connectivity index (χ2v) is 5.61. The van der Waals surface area contributed by atoms with Gasteiger partial charge in [0.2, 0.25) is 0 Å². The standard InChI is InChI=1S/C13H19N3O2/c1-13(2,3)16-5-4-9-6-10(12(17)15-18)7-14-11(9)8-16/h6-7,18H,4-5,8H2,1-3H3,(H,15,17). The molecule has 0 aliphatic carbocycles. The number of nitrogens with one attached hydrogen (secondary N) is 1. The predicted molar refractivity (Wildman–Crippen MR) is 67.4 cm³/mol. The van der Waals surface area contributed by atoms with Gasteiger partial charge in [0.25, 0.3) is 5.91 Å². The van der Waals surface area contributed by atoms with Gasteiger partial charge < -0.3 is 0 Å². The van der Waals surface area contributed by atoms with E-state index in [1.807, 2.05) is 6.07 Å². The van der Waals surface area contributed by atoms with Crippen molar-refractivity contribution in [2.24, 2.45) is 0 Å². The fraction of sp³-hybridized carbons (Fsp3) is 0.538. The lowest BCUT2D eigenvalue weighted by atomic mass is 9.97. The van der Waals surface area contributed by atoms with Gasteiger partial charge in [0.1, 0.15) is 0 Å². The quantitative estimate of drug-likeness (QED) is 0.582. The highest BCUT2D eigenvalue weighted by atomic mass is 16.5. The molecule has 1 aliphatic rings. The Morgan fingerprint density at radius 3 is 2.83 bits per heavy atom. The third-order valence-corrected chi connectivity index (χ3v) is 3.36. The van der Waals surface area contributed by atoms with Crippen molar-refractivity contribution in [1.82, 2.24) is 15.4 Å². The van der Waals surface area contributed by atoms with E-state index in [9.17, 15) is 4.79 Å². The number of carbonyl (C=O) groups excluding carboxylic acids is 1. The minimum atomic E-state index is -0.511. The third kappa shape index (κ3) is 2.52. The highest BCUT2D eigenvalue weighted by Gasteiger charge is 2.26. The van der Waals surface area contributed by atoms with Gasteiger partial charge >= 0.3 is 0 Å². The van der Waals surface area contributed by atoms with E-state index in [1.54, 1.807) is 5.48 Å². The fourth-order valence-corrected chi connectivity index (χ4v) is 2.17. The molecule has 1 aromatic heterocycles. The van der Waals surface area contributed by atoms with Crippen LogP contribution in [0.4, 0.5) is 0 Å². The number of fused-ring (bicyclic) bond motifs is 1. The van der Waals surface area contributed by atoms with E-state index >= 15 is 0 Å². The van der Waals surface area contributed by atoms with Crippen LogP contribution in [0.2, 0.25) is 0 Å². The Hall–Kier alpha value is -1.46. The average Bonchev–Trinajstić information content (AvgIpc) is 2.35. The third-order valence-electron chi connectivity index (χ3n) is 3.36. The molecule has 2 heterocycles. The van der Waals surface area contributed by atoms with Crippen LogP contribution in [-0.2, 0) is 13.0 Å². The zero-order chi connectivity index (χ0) is 13.3. The van der Waals surface area contributed by atoms with Gasteiger partial charge in [0.05, 0.1) is 11.3 Å². The Kier molecular flexibility index (Phi) is 3.36. The summed E-state index contributed by atoms with van der Waals surface area (Å²) in [5.41, 5.74) is 4.27. The van der Waals surface area contributed by atoms with E-state index in [2.05, 4.69) is 30.7 Å². The van der Waals surface area contributed by atoms with E-state index in [0.29, 0.717) is 5.56 Å². The number of hydrogen-bond donors (Lipinski definition) is 2. The molecule has 18 heavy (non-hydrogen) atoms. The monoisotopic (exact) mass is 249 g/mol. The molecule has 0 aromatic carbocycles. The number of nitrogens with zero attached hydrogens (tertiary/aromatic N) is 2. The number of amides is 1. The van der Waals surface area contributed by atoms with Gasteiger partial charge in [-0.3, -0.25) is 19.9 Å². The molecular weight excluding hydrogens is 230 g/mol. The first-order chi connectivity index (χ1) is 8.41. The highest BCUT2D eigenvalue weighted by Crippen LogP contribution is 2.24. The number of aromatic nitrogens is 1. The Bertz CT molecular complexity index is 466. The molecule has 2 N–H and O–H groups in total. The Morgan fingerprint density at radius 1 is 1.50 bits per heavy atom. The molecule has 5 heteroatoms. The summed E-state index contributed by atoms with van der Waals surface area (Å²) in [6.07, 6.45) is 2.39. The summed E-state index contributed by atoms with van der Waals surface area (Å²) >= 11 is 0. The van der Waals surface area contributed by atoms with Crippen LogP contribution in [0.1, 0.15) is 42.4 Å². The molecule has 0 saturated carbocycles. The molecule has 1 aromatic rings. The first kappa shape index (κ1) is 13.0. The van der Waals surface area contributed by atoms with Crippen molar-refractivity contribution in [1.29, 1.82) is 0 Å². The molecule has 2 rings (SSSR count). The van der Waals surface area contributed by atoms with Gasteiger partial charge in [0, 0.05) is 24.8 Å². The first-order valence-electron chi connectivity index (χ1n) is 6.09. The van der Waals surface area contributed by atoms with Crippen LogP contribution in [0.25, 0.3) is 0 Å². The Labute approximate surface area is 107 Å². The molecule has 1 aliphatic heterocycles. The van der Waals surface area contributed by atoms with E-state index in [1.165, 1.54) is 6.20 Å². The van der Waals surface area contributed by atoms with E-state index in [0.717, 1.165) is 30.8 Å². The van der Waals surface area contributed by atoms with Crippen LogP contribution in [0, 0.1) is 0 Å². The van der Waals surface area contributed by atoms with Gasteiger partial charge in [-0.05, 0) is 38.8 Å². The fourth-order valence-electron chi connectivity index (χ4n) is 2.17. The lowest BCUT2D eigenvalue weighted by Gasteiger charge is -2.38. The lowest BCUT2D eigenvalue weighted by Crippen LogP contribution is -2.44. The molecule has 0 fully saturated rings. The molecule has 5 nitrogen and oxygen atoms in total. The second-order valence-electron chi connectivity index (χ2n) is 5.61. The van der Waals surface area contributed by atoms with Gasteiger partial charge in [-0.15, -0.1) is 0 Å². The summed E-state index contributed by atoms with van der Waals surface area (Å²) in [7, 11) is 0. The van der Waals surface area contributed by atoms with Crippen molar-refractivity contribution in [2.75, 3.05) is 6.54 Å². The maximum absolute atomic E-state index is 11.3. The summed E-state index contributed by atoms with van der Waals surface area (Å²) in [4.78, 5) is 18.0. The summed E-state index contributed by atoms with van der Waals surface area (Å²) in [6, 6.07) is 1.81. The minimum Gasteiger partial charge on any atom is -0.292 e. The van der Waals surface area contributed by atoms with Crippen molar-refractivity contribution < 1.29 is 10.0 Å². The summed E-state index contributed by atoms with van der Waals surface area (Å²) in [5.74, 6) is -0.511. The number of carbonyl (C=O) groups is 1. The van der Waals surface area contributed by atoms with Gasteiger partial charge in [-0.2, -0.15) is 0 Å². The SMILES string of the molecule is CC(C)(C)N1CCc2cc(C(=O)NO)cnc2C1. The van der Waals surface area contributed by atoms with Crippen LogP contribution in [-0.4, -0.2) is 33.1 Å². The second kappa shape index (κ2) is 4.66. The van der Waals surface area contributed by atoms with Crippen LogP contribution in [0.5, 0.6) is 0 Å². The van der Waals surface area contributed by atoms with Crippen molar-refractivity contribution in [3.63, 3.8) is 0 Å². The molecule has 98 valence electrons. The molecule has 0 spiro atoms. The molecule has 0 bridgehead atoms. The molecular formula is C13H19N3O2. The first-order valence-corrected chi connectivity index (χ1v) is 6.09. The van der Waals surface area contributed by atoms with Crippen molar-refractivity contribution in [3.05, 3.63) is 29.1 Å². The largest absolute Gasteiger partial charge is 0.292 e. The molecule has 0 saturated heterocycles. The predicted octanol–water partition coefficient (Wildman–Crippen LogP) is 1.36. The average molecular weight is 249 g/mol. The zero-order valence-corrected chi connectivity index (χ0v) is 11.0. The van der Waals surface area contributed by atoms with Gasteiger partial charge in [-0.1, -0.05) is 0 Å². The van der Waals surface area contributed by atoms with Crippen molar-refractivity contribution in [3.8, 4) is 0 Å². The minimum absolute atomic E-state index is 0.126. The number of hydroxylamine groups is 1. The number of hydrogen-bond acceptors (Lipinski definition) is 4. The van der Waals surface area contributed by atoms with Crippen molar-refractivity contribution in [2.45, 2.75) is 39.3 Å². The van der Waals surface area contributed by atoms with Crippen LogP contribution < -0.4 is 5.48 Å². The van der Waals surface area contributed by atoms with E-state index in [-0.39, 0.29) is 5.54 Å². The van der Waals surface area contributed by atoms with Crippen molar-refractivity contribution >= 4 is 5.91 Å². The zero-order valence-electron chi connectivity index (χ0n) is 11.0. The number of rotatable bonds is 1. The molecule has 0 radical (unpaired) electrons. The highest BCUT2D eigenvalue weighted by molar-refractivity contribution is 5.93. The van der Waals surface area contributed by atoms with Crippen LogP contribution >= 0.6 is 0 Å². The summed E-state index contributed by atoms with van der Waals surface area (Å²) in [5, 5.41) is 8.61. The molecule has 1 amide bonds. The lowest BCUT2D eigenvalue weighted by molar-refractivity contribution is 0.0705. The topological polar surface area (TPSA) is 65.5 Å². The van der Waals surface area contributed by atoms with Gasteiger partial charge in [-0.25, -0.2) is 5.48 Å². The summed E-state index contributed by atoms with van der Waals surface area (Å²) < 4.78 is 0. The number of pyridine rings is 1. The Morgan fingerprint density at radius 2 is 2.22 bits per heavy atom. The van der Waals surface area contributed by atoms with Gasteiger partial charge in [0.15, 0.2) is 0 Å². The van der Waals surface area contributed by atoms with Crippen LogP contribution in [0.3, 0.4) is 0 Å². The normalized spacial score (nSPS) is 16.2. The van der Waals surface area contributed by atoms with Crippen LogP contribution in [0.15, 0.2) is 12.3 Å². The van der Waals surface area contributed by atoms with E-state index in [4.69, 9.17) is 5.21 Å². The van der Waals surface area contributed by atoms with E-state index < -0.39 is 5.91 Å². The molecule has 0 unspecified atom stereocenters. The molecule has 0 atom stereocenters. The summed E-state index contributed by atoms with van der Waals surface area (Å²) in [6.45, 7) is 8.32. The smallest absolute Gasteiger partial charge is 0.276 e. The maximum Gasteiger partial charge on any atom is 0.276 e. The Balaban J connectivity index is 2.23.